The Balaban J connectivity index is 1.22. The molecule has 7 rings (SSSR count). The summed E-state index contributed by atoms with van der Waals surface area (Å²) < 4.78 is 77.2. The van der Waals surface area contributed by atoms with Crippen LogP contribution in [0, 0.1) is 12.8 Å². The quantitative estimate of drug-likeness (QED) is 0.161. The van der Waals surface area contributed by atoms with Crippen LogP contribution in [-0.4, -0.2) is 110 Å². The van der Waals surface area contributed by atoms with E-state index in [0.717, 1.165) is 4.68 Å². The van der Waals surface area contributed by atoms with E-state index in [1.807, 2.05) is 0 Å². The molecule has 3 aliphatic heterocycles. The minimum atomic E-state index is -5.13. The molecule has 7 heterocycles. The summed E-state index contributed by atoms with van der Waals surface area (Å²) in [6, 6.07) is 0. The molecule has 0 saturated carbocycles. The Bertz CT molecular complexity index is 1960. The lowest BCUT2D eigenvalue weighted by molar-refractivity contribution is -0.0683. The second-order valence-electron chi connectivity index (χ2n) is 10.6. The first-order valence-corrected chi connectivity index (χ1v) is 16.5. The molecule has 0 radical (unpaired) electrons. The maximum absolute atomic E-state index is 15.9. The van der Waals surface area contributed by atoms with Gasteiger partial charge in [-0.25, -0.2) is 28.2 Å². The molecule has 2 unspecified atom stereocenters. The molecular weight excluding hydrogens is 665 g/mol. The van der Waals surface area contributed by atoms with Crippen molar-refractivity contribution in [1.82, 2.24) is 44.7 Å². The molecule has 25 heteroatoms. The van der Waals surface area contributed by atoms with E-state index in [1.54, 1.807) is 0 Å². The number of aliphatic hydroxyl groups is 1. The van der Waals surface area contributed by atoms with Gasteiger partial charge in [-0.05, 0) is 12.1 Å². The number of aryl methyl sites for hydroxylation is 1. The predicted molar refractivity (Wildman–Crippen MR) is 145 cm³/mol. The Morgan fingerprint density at radius 2 is 1.76 bits per heavy atom. The molecule has 10 atom stereocenters. The molecule has 22 nitrogen and oxygen atoms in total. The number of nitrogen functional groups attached to an aromatic ring is 1. The largest absolute Gasteiger partial charge is 0.472 e. The van der Waals surface area contributed by atoms with Crippen LogP contribution in [0.2, 0.25) is 0 Å². The lowest BCUT2D eigenvalue weighted by Crippen LogP contribution is -2.34. The van der Waals surface area contributed by atoms with Crippen LogP contribution in [-0.2, 0) is 36.7 Å². The number of ether oxygens (including phenoxy) is 2. The number of rotatable bonds is 3. The van der Waals surface area contributed by atoms with Gasteiger partial charge in [0.1, 0.15) is 24.1 Å². The van der Waals surface area contributed by atoms with Gasteiger partial charge in [-0.2, -0.15) is 5.10 Å². The Morgan fingerprint density at radius 3 is 2.50 bits per heavy atom. The first-order chi connectivity index (χ1) is 21.9. The maximum atomic E-state index is 15.9. The number of alkyl halides is 1. The van der Waals surface area contributed by atoms with E-state index >= 15 is 4.39 Å². The zero-order chi connectivity index (χ0) is 32.5. The van der Waals surface area contributed by atoms with Crippen LogP contribution in [0.5, 0.6) is 0 Å². The van der Waals surface area contributed by atoms with Gasteiger partial charge in [-0.3, -0.25) is 27.5 Å². The number of imidazole rings is 1. The number of H-pyrrole nitrogens is 1. The van der Waals surface area contributed by atoms with Gasteiger partial charge in [-0.1, -0.05) is 0 Å². The zero-order valence-corrected chi connectivity index (χ0v) is 25.1. The molecule has 2 bridgehead atoms. The van der Waals surface area contributed by atoms with Crippen molar-refractivity contribution in [2.24, 2.45) is 5.92 Å². The monoisotopic (exact) mass is 690 g/mol. The summed E-state index contributed by atoms with van der Waals surface area (Å²) in [6.45, 7) is -0.855. The molecule has 3 fully saturated rings. The number of hydrogen-bond donors (Lipinski definition) is 5. The number of hydrogen-bond acceptors (Lipinski definition) is 17. The Labute approximate surface area is 254 Å². The molecule has 3 aliphatic rings. The third kappa shape index (κ3) is 5.42. The van der Waals surface area contributed by atoms with E-state index in [-0.39, 0.29) is 33.8 Å². The van der Waals surface area contributed by atoms with Crippen molar-refractivity contribution < 1.29 is 56.0 Å². The van der Waals surface area contributed by atoms with Crippen LogP contribution < -0.4 is 11.3 Å². The Morgan fingerprint density at radius 1 is 1.07 bits per heavy atom. The molecule has 0 aliphatic carbocycles. The standard InChI is InChI=1S/C21H25FN10O12P2/c1-7-26-18-13(19(34)27-7)24-6-31(18)21-14-9(3-33)10(41-21)4-39-46(37,38)44-15-11(5-40-45(35,36)43-14)42-20(12(15)22)32-17-8(2-25-32)16(23)28-30-29-17/h2,6,9-12,14-15,20-21,33H,3-5H2,1H3,(H,35,36)(H,37,38)(H2,23,28,29)(H,26,27,34)/t9-,10-,11-,12+,14-,15-,20-,21-/m1/s1. The van der Waals surface area contributed by atoms with Crippen molar-refractivity contribution >= 4 is 43.7 Å². The van der Waals surface area contributed by atoms with Gasteiger partial charge in [0.05, 0.1) is 43.8 Å². The summed E-state index contributed by atoms with van der Waals surface area (Å²) in [4.78, 5) is 44.6. The predicted octanol–water partition coefficient (Wildman–Crippen LogP) is -0.995. The normalized spacial score (nSPS) is 37.2. The van der Waals surface area contributed by atoms with E-state index in [2.05, 4.69) is 35.5 Å². The highest BCUT2D eigenvalue weighted by atomic mass is 31.2. The van der Waals surface area contributed by atoms with Crippen LogP contribution in [0.1, 0.15) is 18.3 Å². The molecule has 3 saturated heterocycles. The van der Waals surface area contributed by atoms with Crippen molar-refractivity contribution in [1.29, 1.82) is 0 Å². The Hall–Kier alpha value is -3.34. The number of anilines is 1. The Kier molecular flexibility index (Phi) is 7.76. The molecule has 0 aromatic carbocycles. The number of aromatic nitrogens is 9. The highest BCUT2D eigenvalue weighted by Gasteiger charge is 2.54. The zero-order valence-electron chi connectivity index (χ0n) is 23.3. The van der Waals surface area contributed by atoms with Gasteiger partial charge in [0, 0.05) is 5.92 Å². The average molecular weight is 690 g/mol. The van der Waals surface area contributed by atoms with Crippen LogP contribution in [0.15, 0.2) is 17.3 Å². The van der Waals surface area contributed by atoms with Gasteiger partial charge in [0.2, 0.25) is 0 Å². The van der Waals surface area contributed by atoms with Gasteiger partial charge in [0.25, 0.3) is 5.56 Å². The van der Waals surface area contributed by atoms with E-state index in [9.17, 15) is 28.8 Å². The number of phosphoric acid groups is 2. The molecular formula is C21H25FN10O12P2. The maximum Gasteiger partial charge on any atom is 0.472 e. The van der Waals surface area contributed by atoms with Gasteiger partial charge in [-0.15, -0.1) is 10.2 Å². The van der Waals surface area contributed by atoms with Crippen molar-refractivity contribution in [2.45, 2.75) is 50.0 Å². The number of nitrogens with two attached hydrogens (primary N) is 1. The third-order valence-electron chi connectivity index (χ3n) is 7.69. The highest BCUT2D eigenvalue weighted by molar-refractivity contribution is 7.47. The fraction of sp³-hybridized carbons (Fsp3) is 0.571. The number of halogens is 1. The average Bonchev–Trinajstić information content (AvgIpc) is 3.75. The van der Waals surface area contributed by atoms with E-state index < -0.39 is 90.0 Å². The topological polar surface area (TPSA) is 296 Å². The summed E-state index contributed by atoms with van der Waals surface area (Å²) in [5, 5.41) is 25.3. The molecule has 4 aromatic rings. The second kappa shape index (κ2) is 11.4. The number of aliphatic hydroxyl groups excluding tert-OH is 1. The van der Waals surface area contributed by atoms with Crippen molar-refractivity contribution in [3.8, 4) is 0 Å². The highest BCUT2D eigenvalue weighted by Crippen LogP contribution is 2.55. The van der Waals surface area contributed by atoms with Crippen molar-refractivity contribution in [3.63, 3.8) is 0 Å². The SMILES string of the molecule is Cc1nc2c(ncn2[C@@H]2O[C@@H]3COP(=O)(O)O[C@H]4[C@H](F)[C@H](n5ncc6c(N)nnnc65)O[C@@H]4COP(=O)(O)O[C@@H]2[C@@H]3CO)c(=O)[nH]1. The fourth-order valence-electron chi connectivity index (χ4n) is 5.59. The summed E-state index contributed by atoms with van der Waals surface area (Å²) in [5.74, 6) is -1.01. The van der Waals surface area contributed by atoms with Gasteiger partial charge in [0.15, 0.2) is 41.3 Å². The summed E-state index contributed by atoms with van der Waals surface area (Å²) in [6.07, 6.45) is -9.15. The summed E-state index contributed by atoms with van der Waals surface area (Å²) in [5.41, 5.74) is 5.09. The number of phosphoric ester groups is 2. The molecule has 6 N–H and O–H groups in total. The van der Waals surface area contributed by atoms with Gasteiger partial charge < -0.3 is 35.1 Å². The molecule has 46 heavy (non-hydrogen) atoms. The molecule has 0 amide bonds. The number of nitrogens with zero attached hydrogens (tertiary/aromatic N) is 8. The first-order valence-electron chi connectivity index (χ1n) is 13.5. The van der Waals surface area contributed by atoms with Crippen LogP contribution in [0.3, 0.4) is 0 Å². The minimum absolute atomic E-state index is 0.0136. The first kappa shape index (κ1) is 31.3. The van der Waals surface area contributed by atoms with E-state index in [1.165, 1.54) is 24.0 Å². The summed E-state index contributed by atoms with van der Waals surface area (Å²) in [7, 11) is -10.2. The number of nitrogens with one attached hydrogen (secondary N) is 1. The number of aromatic amines is 1. The van der Waals surface area contributed by atoms with Crippen LogP contribution in [0.4, 0.5) is 10.2 Å². The third-order valence-corrected chi connectivity index (χ3v) is 9.66. The number of fused-ring (bicyclic) bond motifs is 5. The van der Waals surface area contributed by atoms with E-state index in [4.69, 9.17) is 33.3 Å². The minimum Gasteiger partial charge on any atom is -0.396 e. The van der Waals surface area contributed by atoms with E-state index in [0.29, 0.717) is 0 Å². The van der Waals surface area contributed by atoms with Crippen LogP contribution in [0.25, 0.3) is 22.2 Å². The molecule has 248 valence electrons. The molecule has 0 spiro atoms. The summed E-state index contributed by atoms with van der Waals surface area (Å²) >= 11 is 0. The molecule has 4 aromatic heterocycles. The smallest absolute Gasteiger partial charge is 0.396 e. The fourth-order valence-corrected chi connectivity index (χ4v) is 7.51. The second-order valence-corrected chi connectivity index (χ2v) is 13.4. The van der Waals surface area contributed by atoms with Gasteiger partial charge >= 0.3 is 15.6 Å². The lowest BCUT2D eigenvalue weighted by atomic mass is 9.99. The van der Waals surface area contributed by atoms with Crippen molar-refractivity contribution in [3.05, 3.63) is 28.7 Å². The van der Waals surface area contributed by atoms with Crippen LogP contribution >= 0.6 is 15.6 Å². The van der Waals surface area contributed by atoms with Crippen molar-refractivity contribution in [2.75, 3.05) is 25.6 Å². The lowest BCUT2D eigenvalue weighted by Gasteiger charge is -2.26.